The van der Waals surface area contributed by atoms with Crippen LogP contribution in [0, 0.1) is 17.3 Å². The SMILES string of the molecule is CC(C)(C)C1CCC(Oc2cccc3cc(CN4C5CCC4CC(C(=O)O)C5)ccc23)CC1. The third kappa shape index (κ3) is 4.77. The molecule has 4 nitrogen and oxygen atoms in total. The quantitative estimate of drug-likeness (QED) is 0.555. The van der Waals surface area contributed by atoms with Crippen molar-refractivity contribution in [3.63, 3.8) is 0 Å². The molecule has 33 heavy (non-hydrogen) atoms. The molecule has 1 N–H and O–H groups in total. The number of benzene rings is 2. The van der Waals surface area contributed by atoms with Crippen molar-refractivity contribution in [1.29, 1.82) is 0 Å². The van der Waals surface area contributed by atoms with E-state index in [1.165, 1.54) is 29.2 Å². The number of rotatable bonds is 5. The van der Waals surface area contributed by atoms with Crippen LogP contribution >= 0.6 is 0 Å². The van der Waals surface area contributed by atoms with Crippen LogP contribution in [0.25, 0.3) is 10.8 Å². The minimum absolute atomic E-state index is 0.159. The lowest BCUT2D eigenvalue weighted by Gasteiger charge is -2.37. The molecule has 1 saturated carbocycles. The highest BCUT2D eigenvalue weighted by Gasteiger charge is 2.42. The molecular weight excluding hydrogens is 410 g/mol. The minimum Gasteiger partial charge on any atom is -0.490 e. The predicted molar refractivity (Wildman–Crippen MR) is 132 cm³/mol. The molecule has 4 heteroatoms. The standard InChI is InChI=1S/C29H39NO3/c1-29(2,3)22-8-12-25(13-9-22)33-27-6-4-5-20-15-19(7-14-26(20)27)18-30-23-10-11-24(30)17-21(16-23)28(31)32/h4-7,14-15,21-25H,8-13,16-18H2,1-3H3,(H,31,32). The third-order valence-electron chi connectivity index (χ3n) is 8.70. The van der Waals surface area contributed by atoms with Crippen LogP contribution in [0.3, 0.4) is 0 Å². The summed E-state index contributed by atoms with van der Waals surface area (Å²) in [7, 11) is 0. The minimum atomic E-state index is -0.614. The average molecular weight is 450 g/mol. The number of carboxylic acids is 1. The van der Waals surface area contributed by atoms with E-state index in [0.717, 1.165) is 56.7 Å². The van der Waals surface area contributed by atoms with Crippen LogP contribution in [0.1, 0.15) is 77.7 Å². The van der Waals surface area contributed by atoms with Gasteiger partial charge in [0.2, 0.25) is 0 Å². The lowest BCUT2D eigenvalue weighted by atomic mass is 9.72. The van der Waals surface area contributed by atoms with E-state index in [4.69, 9.17) is 4.74 Å². The zero-order valence-electron chi connectivity index (χ0n) is 20.4. The van der Waals surface area contributed by atoms with Gasteiger partial charge in [0.1, 0.15) is 5.75 Å². The van der Waals surface area contributed by atoms with Gasteiger partial charge in [-0.2, -0.15) is 0 Å². The van der Waals surface area contributed by atoms with Crippen molar-refractivity contribution < 1.29 is 14.6 Å². The summed E-state index contributed by atoms with van der Waals surface area (Å²) in [6.07, 6.45) is 8.99. The van der Waals surface area contributed by atoms with Crippen LogP contribution in [0.4, 0.5) is 0 Å². The molecule has 1 aliphatic carbocycles. The van der Waals surface area contributed by atoms with E-state index in [9.17, 15) is 9.90 Å². The number of carboxylic acid groups (broad SMARTS) is 1. The molecule has 2 aliphatic heterocycles. The van der Waals surface area contributed by atoms with Crippen molar-refractivity contribution in [1.82, 2.24) is 4.90 Å². The number of hydrogen-bond acceptors (Lipinski definition) is 3. The van der Waals surface area contributed by atoms with Gasteiger partial charge in [-0.15, -0.1) is 0 Å². The molecule has 2 aromatic carbocycles. The summed E-state index contributed by atoms with van der Waals surface area (Å²) in [4.78, 5) is 14.1. The van der Waals surface area contributed by atoms with Gasteiger partial charge in [0, 0.05) is 24.0 Å². The number of nitrogens with zero attached hydrogens (tertiary/aromatic N) is 1. The lowest BCUT2D eigenvalue weighted by Crippen LogP contribution is -2.44. The van der Waals surface area contributed by atoms with Gasteiger partial charge in [-0.3, -0.25) is 9.69 Å². The number of aliphatic carboxylic acids is 1. The van der Waals surface area contributed by atoms with Gasteiger partial charge in [-0.05, 0) is 85.8 Å². The molecule has 0 aromatic heterocycles. The number of ether oxygens (including phenoxy) is 1. The molecule has 2 unspecified atom stereocenters. The van der Waals surface area contributed by atoms with Crippen LogP contribution in [0.15, 0.2) is 36.4 Å². The monoisotopic (exact) mass is 449 g/mol. The van der Waals surface area contributed by atoms with Crippen LogP contribution < -0.4 is 4.74 Å². The van der Waals surface area contributed by atoms with E-state index in [0.29, 0.717) is 23.6 Å². The second-order valence-corrected chi connectivity index (χ2v) is 11.8. The summed E-state index contributed by atoms with van der Waals surface area (Å²) in [6, 6.07) is 14.0. The molecule has 0 radical (unpaired) electrons. The highest BCUT2D eigenvalue weighted by atomic mass is 16.5. The summed E-state index contributed by atoms with van der Waals surface area (Å²) in [5.74, 6) is 1.04. The third-order valence-corrected chi connectivity index (χ3v) is 8.70. The Hall–Kier alpha value is -2.07. The maximum absolute atomic E-state index is 11.5. The summed E-state index contributed by atoms with van der Waals surface area (Å²) >= 11 is 0. The van der Waals surface area contributed by atoms with Crippen LogP contribution in [0.2, 0.25) is 0 Å². The molecule has 5 rings (SSSR count). The fourth-order valence-corrected chi connectivity index (χ4v) is 6.68. The topological polar surface area (TPSA) is 49.8 Å². The van der Waals surface area contributed by atoms with Gasteiger partial charge in [0.05, 0.1) is 12.0 Å². The number of carbonyl (C=O) groups is 1. The van der Waals surface area contributed by atoms with Gasteiger partial charge in [-0.25, -0.2) is 0 Å². The molecule has 2 bridgehead atoms. The Morgan fingerprint density at radius 1 is 1.00 bits per heavy atom. The van der Waals surface area contributed by atoms with Crippen molar-refractivity contribution in [2.24, 2.45) is 17.3 Å². The summed E-state index contributed by atoms with van der Waals surface area (Å²) < 4.78 is 6.53. The van der Waals surface area contributed by atoms with Gasteiger partial charge in [0.25, 0.3) is 0 Å². The van der Waals surface area contributed by atoms with Gasteiger partial charge in [0.15, 0.2) is 0 Å². The Morgan fingerprint density at radius 3 is 2.33 bits per heavy atom. The lowest BCUT2D eigenvalue weighted by molar-refractivity contribution is -0.144. The second-order valence-electron chi connectivity index (χ2n) is 11.8. The first-order chi connectivity index (χ1) is 15.8. The highest BCUT2D eigenvalue weighted by Crippen LogP contribution is 2.41. The van der Waals surface area contributed by atoms with Crippen molar-refractivity contribution in [2.45, 2.75) is 96.9 Å². The largest absolute Gasteiger partial charge is 0.490 e. The number of piperidine rings is 1. The van der Waals surface area contributed by atoms with Crippen molar-refractivity contribution in [3.8, 4) is 5.75 Å². The second kappa shape index (κ2) is 8.94. The summed E-state index contributed by atoms with van der Waals surface area (Å²) in [5, 5.41) is 11.9. The van der Waals surface area contributed by atoms with E-state index in [1.807, 2.05) is 0 Å². The van der Waals surface area contributed by atoms with E-state index in [2.05, 4.69) is 62.1 Å². The summed E-state index contributed by atoms with van der Waals surface area (Å²) in [6.45, 7) is 8.00. The van der Waals surface area contributed by atoms with Crippen molar-refractivity contribution in [3.05, 3.63) is 42.0 Å². The normalized spacial score (nSPS) is 30.5. The number of hydrogen-bond donors (Lipinski definition) is 1. The van der Waals surface area contributed by atoms with E-state index in [1.54, 1.807) is 0 Å². The average Bonchev–Trinajstić information content (AvgIpc) is 3.00. The molecule has 2 atom stereocenters. The number of fused-ring (bicyclic) bond motifs is 3. The molecule has 0 amide bonds. The first kappa shape index (κ1) is 22.7. The Balaban J connectivity index is 1.26. The first-order valence-electron chi connectivity index (χ1n) is 12.9. The van der Waals surface area contributed by atoms with Crippen LogP contribution in [-0.4, -0.2) is 34.2 Å². The predicted octanol–water partition coefficient (Wildman–Crippen LogP) is 6.65. The Kier molecular flexibility index (Phi) is 6.15. The molecule has 2 saturated heterocycles. The highest BCUT2D eigenvalue weighted by molar-refractivity contribution is 5.88. The molecular formula is C29H39NO3. The van der Waals surface area contributed by atoms with Gasteiger partial charge < -0.3 is 9.84 Å². The fraction of sp³-hybridized carbons (Fsp3) is 0.621. The molecule has 3 aliphatic rings. The summed E-state index contributed by atoms with van der Waals surface area (Å²) in [5.41, 5.74) is 1.71. The van der Waals surface area contributed by atoms with E-state index in [-0.39, 0.29) is 5.92 Å². The molecule has 0 spiro atoms. The zero-order valence-corrected chi connectivity index (χ0v) is 20.4. The van der Waals surface area contributed by atoms with E-state index < -0.39 is 5.97 Å². The molecule has 2 heterocycles. The maximum atomic E-state index is 11.5. The Bertz CT molecular complexity index is 988. The van der Waals surface area contributed by atoms with Crippen molar-refractivity contribution >= 4 is 16.7 Å². The smallest absolute Gasteiger partial charge is 0.306 e. The molecule has 178 valence electrons. The maximum Gasteiger partial charge on any atom is 0.306 e. The van der Waals surface area contributed by atoms with Gasteiger partial charge >= 0.3 is 5.97 Å². The zero-order chi connectivity index (χ0) is 23.2. The van der Waals surface area contributed by atoms with Crippen LogP contribution in [0.5, 0.6) is 5.75 Å². The van der Waals surface area contributed by atoms with Crippen molar-refractivity contribution in [2.75, 3.05) is 0 Å². The Morgan fingerprint density at radius 2 is 1.70 bits per heavy atom. The molecule has 3 fully saturated rings. The molecule has 2 aromatic rings. The van der Waals surface area contributed by atoms with E-state index >= 15 is 0 Å². The van der Waals surface area contributed by atoms with Gasteiger partial charge in [-0.1, -0.05) is 45.0 Å². The van der Waals surface area contributed by atoms with Crippen LogP contribution in [-0.2, 0) is 11.3 Å². The fourth-order valence-electron chi connectivity index (χ4n) is 6.68. The first-order valence-corrected chi connectivity index (χ1v) is 12.9. The Labute approximate surface area is 198 Å².